The van der Waals surface area contributed by atoms with Crippen LogP contribution in [0.1, 0.15) is 68.8 Å². The number of carboxylic acid groups (broad SMARTS) is 1. The van der Waals surface area contributed by atoms with Crippen LogP contribution in [0.2, 0.25) is 0 Å². The molecule has 4 amide bonds. The van der Waals surface area contributed by atoms with E-state index in [0.717, 1.165) is 32.1 Å². The van der Waals surface area contributed by atoms with E-state index in [9.17, 15) is 29.1 Å². The second-order valence-corrected chi connectivity index (χ2v) is 12.2. The molecule has 0 radical (unpaired) electrons. The van der Waals surface area contributed by atoms with Crippen LogP contribution in [-0.4, -0.2) is 114 Å². The molecule has 0 aliphatic carbocycles. The summed E-state index contributed by atoms with van der Waals surface area (Å²) in [6.07, 6.45) is 3.97. The van der Waals surface area contributed by atoms with Crippen molar-refractivity contribution in [2.45, 2.75) is 64.3 Å². The third-order valence-electron chi connectivity index (χ3n) is 8.74. The van der Waals surface area contributed by atoms with Crippen molar-refractivity contribution in [3.63, 3.8) is 0 Å². The molecule has 0 unspecified atom stereocenters. The molecule has 1 atom stereocenters. The van der Waals surface area contributed by atoms with Crippen molar-refractivity contribution in [3.8, 4) is 11.4 Å². The van der Waals surface area contributed by atoms with E-state index in [0.29, 0.717) is 43.3 Å². The van der Waals surface area contributed by atoms with Crippen molar-refractivity contribution in [3.05, 3.63) is 42.1 Å². The summed E-state index contributed by atoms with van der Waals surface area (Å²) >= 11 is 0. The summed E-state index contributed by atoms with van der Waals surface area (Å²) in [7, 11) is 1.63. The number of anilines is 1. The predicted octanol–water partition coefficient (Wildman–Crippen LogP) is 2.93. The van der Waals surface area contributed by atoms with Crippen molar-refractivity contribution >= 4 is 35.6 Å². The number of amides is 4. The van der Waals surface area contributed by atoms with Gasteiger partial charge in [-0.15, -0.1) is 0 Å². The Labute approximate surface area is 281 Å². The number of piperazine rings is 1. The maximum absolute atomic E-state index is 13.7. The quantitative estimate of drug-likeness (QED) is 0.255. The first-order chi connectivity index (χ1) is 23.2. The van der Waals surface area contributed by atoms with Crippen molar-refractivity contribution in [2.24, 2.45) is 5.92 Å². The lowest BCUT2D eigenvalue weighted by Crippen LogP contribution is -2.56. The number of aromatic nitrogens is 2. The van der Waals surface area contributed by atoms with E-state index >= 15 is 0 Å². The number of carbonyl (C=O) groups excluding carboxylic acids is 4. The van der Waals surface area contributed by atoms with Crippen LogP contribution in [0.3, 0.4) is 0 Å². The predicted molar refractivity (Wildman–Crippen MR) is 178 cm³/mol. The van der Waals surface area contributed by atoms with E-state index in [4.69, 9.17) is 9.72 Å². The Morgan fingerprint density at radius 2 is 1.65 bits per heavy atom. The fourth-order valence-corrected chi connectivity index (χ4v) is 5.85. The molecule has 2 saturated heterocycles. The number of ether oxygens (including phenoxy) is 1. The minimum absolute atomic E-state index is 0.00926. The molecule has 2 aliphatic heterocycles. The van der Waals surface area contributed by atoms with Gasteiger partial charge in [-0.3, -0.25) is 19.2 Å². The number of nitrogens with one attached hydrogen (secondary N) is 2. The Balaban J connectivity index is 1.48. The van der Waals surface area contributed by atoms with Gasteiger partial charge in [-0.2, -0.15) is 0 Å². The van der Waals surface area contributed by atoms with Gasteiger partial charge in [0.2, 0.25) is 11.8 Å². The van der Waals surface area contributed by atoms with Crippen molar-refractivity contribution in [2.75, 3.05) is 57.8 Å². The summed E-state index contributed by atoms with van der Waals surface area (Å²) in [5, 5.41) is 14.8. The molecular weight excluding hydrogens is 618 g/mol. The topological polar surface area (TPSA) is 174 Å². The standard InChI is InChI=1S/C34H47N7O7/c1-3-4-8-21-48-34(47)41-19-17-40(18-20-41)33(46)26(11-12-30(43)44)37-32(45)27-23-28(38-31(36-27)25-9-6-5-7-10-25)39-15-13-24(14-16-39)22-29(42)35-2/h5-7,9-10,23-24,26H,3-4,8,11-22H2,1-2H3,(H,35,42)(H,37,45)(H,43,44)/t26-/m0/s1. The molecule has 1 aromatic carbocycles. The van der Waals surface area contributed by atoms with Gasteiger partial charge in [0.1, 0.15) is 17.6 Å². The number of benzene rings is 1. The van der Waals surface area contributed by atoms with Gasteiger partial charge in [-0.1, -0.05) is 50.1 Å². The lowest BCUT2D eigenvalue weighted by molar-refractivity contribution is -0.138. The molecule has 3 heterocycles. The van der Waals surface area contributed by atoms with Crippen molar-refractivity contribution in [1.29, 1.82) is 0 Å². The largest absolute Gasteiger partial charge is 0.481 e. The van der Waals surface area contributed by atoms with Gasteiger partial charge in [-0.05, 0) is 31.6 Å². The normalized spacial score (nSPS) is 15.8. The Bertz CT molecular complexity index is 1410. The number of carboxylic acids is 1. The first-order valence-corrected chi connectivity index (χ1v) is 16.8. The summed E-state index contributed by atoms with van der Waals surface area (Å²) < 4.78 is 5.34. The minimum atomic E-state index is -1.11. The van der Waals surface area contributed by atoms with Crippen LogP contribution in [0.15, 0.2) is 36.4 Å². The van der Waals surface area contributed by atoms with Gasteiger partial charge in [0.05, 0.1) is 6.61 Å². The van der Waals surface area contributed by atoms with Gasteiger partial charge in [0, 0.05) is 70.8 Å². The van der Waals surface area contributed by atoms with Crippen LogP contribution in [-0.2, 0) is 19.1 Å². The van der Waals surface area contributed by atoms with Crippen LogP contribution >= 0.6 is 0 Å². The lowest BCUT2D eigenvalue weighted by atomic mass is 9.93. The average molecular weight is 666 g/mol. The van der Waals surface area contributed by atoms with Gasteiger partial charge in [0.25, 0.3) is 5.91 Å². The van der Waals surface area contributed by atoms with E-state index < -0.39 is 29.9 Å². The van der Waals surface area contributed by atoms with Gasteiger partial charge >= 0.3 is 12.1 Å². The van der Waals surface area contributed by atoms with Crippen LogP contribution in [0.5, 0.6) is 0 Å². The third kappa shape index (κ3) is 10.4. The molecule has 4 rings (SSSR count). The molecule has 1 aromatic heterocycles. The van der Waals surface area contributed by atoms with Crippen molar-refractivity contribution in [1.82, 2.24) is 30.4 Å². The maximum Gasteiger partial charge on any atom is 0.409 e. The summed E-state index contributed by atoms with van der Waals surface area (Å²) in [5.41, 5.74) is 0.762. The number of hydrogen-bond donors (Lipinski definition) is 3. The molecular formula is C34H47N7O7. The SMILES string of the molecule is CCCCCOC(=O)N1CCN(C(=O)[C@H](CCC(=O)O)NC(=O)c2cc(N3CCC(CC(=O)NC)CC3)nc(-c3ccccc3)n2)CC1. The Morgan fingerprint density at radius 3 is 2.29 bits per heavy atom. The highest BCUT2D eigenvalue weighted by molar-refractivity contribution is 5.97. The van der Waals surface area contributed by atoms with Gasteiger partial charge in [-0.25, -0.2) is 14.8 Å². The molecule has 2 fully saturated rings. The summed E-state index contributed by atoms with van der Waals surface area (Å²) in [6.45, 7) is 4.71. The monoisotopic (exact) mass is 665 g/mol. The number of aliphatic carboxylic acids is 1. The molecule has 0 bridgehead atoms. The van der Waals surface area contributed by atoms with E-state index in [1.165, 1.54) is 4.90 Å². The average Bonchev–Trinajstić information content (AvgIpc) is 3.11. The molecule has 48 heavy (non-hydrogen) atoms. The molecule has 260 valence electrons. The zero-order chi connectivity index (χ0) is 34.5. The highest BCUT2D eigenvalue weighted by Gasteiger charge is 2.32. The molecule has 14 nitrogen and oxygen atoms in total. The number of rotatable bonds is 14. The maximum atomic E-state index is 13.7. The van der Waals surface area contributed by atoms with Crippen LogP contribution in [0.4, 0.5) is 10.6 Å². The second-order valence-electron chi connectivity index (χ2n) is 12.2. The second kappa shape index (κ2) is 18.0. The molecule has 14 heteroatoms. The van der Waals surface area contributed by atoms with Crippen LogP contribution < -0.4 is 15.5 Å². The molecule has 2 aromatic rings. The molecule has 2 aliphatic rings. The third-order valence-corrected chi connectivity index (χ3v) is 8.74. The first-order valence-electron chi connectivity index (χ1n) is 16.8. The minimum Gasteiger partial charge on any atom is -0.481 e. The van der Waals surface area contributed by atoms with Gasteiger partial charge in [0.15, 0.2) is 5.82 Å². The Morgan fingerprint density at radius 1 is 0.958 bits per heavy atom. The zero-order valence-corrected chi connectivity index (χ0v) is 27.9. The molecule has 0 spiro atoms. The van der Waals surface area contributed by atoms with E-state index in [-0.39, 0.29) is 56.5 Å². The molecule has 0 saturated carbocycles. The van der Waals surface area contributed by atoms with Crippen molar-refractivity contribution < 1.29 is 33.8 Å². The van der Waals surface area contributed by atoms with E-state index in [2.05, 4.69) is 27.4 Å². The van der Waals surface area contributed by atoms with E-state index in [1.54, 1.807) is 18.0 Å². The van der Waals surface area contributed by atoms with Crippen LogP contribution in [0.25, 0.3) is 11.4 Å². The fraction of sp³-hybridized carbons (Fsp3) is 0.559. The number of hydrogen-bond acceptors (Lipinski definition) is 9. The van der Waals surface area contributed by atoms with Crippen LogP contribution in [0, 0.1) is 5.92 Å². The summed E-state index contributed by atoms with van der Waals surface area (Å²) in [4.78, 5) is 77.7. The zero-order valence-electron chi connectivity index (χ0n) is 27.9. The molecule has 3 N–H and O–H groups in total. The number of nitrogens with zero attached hydrogens (tertiary/aromatic N) is 5. The van der Waals surface area contributed by atoms with Gasteiger partial charge < -0.3 is 35.2 Å². The Hall–Kier alpha value is -4.75. The Kier molecular flexibility index (Phi) is 13.5. The summed E-state index contributed by atoms with van der Waals surface area (Å²) in [6, 6.07) is 9.73. The highest BCUT2D eigenvalue weighted by atomic mass is 16.6. The van der Waals surface area contributed by atoms with E-state index in [1.807, 2.05) is 30.3 Å². The number of carbonyl (C=O) groups is 5. The fourth-order valence-electron chi connectivity index (χ4n) is 5.85. The first kappa shape index (κ1) is 36.1. The number of unbranched alkanes of at least 4 members (excludes halogenated alkanes) is 2. The smallest absolute Gasteiger partial charge is 0.409 e. The highest BCUT2D eigenvalue weighted by Crippen LogP contribution is 2.27. The lowest BCUT2D eigenvalue weighted by Gasteiger charge is -2.36. The number of piperidine rings is 1. The summed E-state index contributed by atoms with van der Waals surface area (Å²) in [5.74, 6) is -0.975.